The highest BCUT2D eigenvalue weighted by Crippen LogP contribution is 2.34. The van der Waals surface area contributed by atoms with Crippen molar-refractivity contribution in [1.29, 1.82) is 0 Å². The number of amides is 1. The summed E-state index contributed by atoms with van der Waals surface area (Å²) in [4.78, 5) is 14.0. The molecule has 0 spiro atoms. The molecular weight excluding hydrogens is 304 g/mol. The SMILES string of the molecule is Cn1ncc2cc(N)c(C3CCN(C(=O)OC(C)(C)C)CC3)cc21. The molecule has 1 aromatic heterocycles. The van der Waals surface area contributed by atoms with Crippen molar-refractivity contribution in [1.82, 2.24) is 14.7 Å². The van der Waals surface area contributed by atoms with Crippen molar-refractivity contribution in [2.45, 2.75) is 45.1 Å². The lowest BCUT2D eigenvalue weighted by Crippen LogP contribution is -2.41. The summed E-state index contributed by atoms with van der Waals surface area (Å²) in [6.45, 7) is 7.06. The van der Waals surface area contributed by atoms with E-state index in [1.165, 1.54) is 0 Å². The number of hydrogen-bond donors (Lipinski definition) is 1. The Labute approximate surface area is 142 Å². The number of fused-ring (bicyclic) bond motifs is 1. The number of likely N-dealkylation sites (tertiary alicyclic amines) is 1. The lowest BCUT2D eigenvalue weighted by molar-refractivity contribution is 0.0205. The number of aryl methyl sites for hydroxylation is 1. The number of carbonyl (C=O) groups excluding carboxylic acids is 1. The molecule has 1 aliphatic rings. The Hall–Kier alpha value is -2.24. The molecule has 1 aromatic carbocycles. The molecule has 130 valence electrons. The minimum atomic E-state index is -0.455. The average molecular weight is 330 g/mol. The summed E-state index contributed by atoms with van der Waals surface area (Å²) in [6.07, 6.45) is 3.40. The molecule has 2 N–H and O–H groups in total. The summed E-state index contributed by atoms with van der Waals surface area (Å²) in [5.74, 6) is 0.364. The first-order valence-corrected chi connectivity index (χ1v) is 8.43. The highest BCUT2D eigenvalue weighted by atomic mass is 16.6. The second-order valence-electron chi connectivity index (χ2n) is 7.55. The van der Waals surface area contributed by atoms with Gasteiger partial charge in [-0.05, 0) is 57.2 Å². The maximum Gasteiger partial charge on any atom is 0.410 e. The van der Waals surface area contributed by atoms with Crippen LogP contribution in [0.1, 0.15) is 45.1 Å². The summed E-state index contributed by atoms with van der Waals surface area (Å²) >= 11 is 0. The van der Waals surface area contributed by atoms with E-state index in [1.54, 1.807) is 4.90 Å². The molecule has 0 radical (unpaired) electrons. The van der Waals surface area contributed by atoms with E-state index in [4.69, 9.17) is 10.5 Å². The van der Waals surface area contributed by atoms with E-state index >= 15 is 0 Å². The molecule has 1 fully saturated rings. The van der Waals surface area contributed by atoms with Crippen LogP contribution in [-0.2, 0) is 11.8 Å². The first kappa shape index (κ1) is 16.6. The van der Waals surface area contributed by atoms with Crippen molar-refractivity contribution in [2.75, 3.05) is 18.8 Å². The van der Waals surface area contributed by atoms with Crippen LogP contribution in [0.3, 0.4) is 0 Å². The first-order chi connectivity index (χ1) is 11.2. The Balaban J connectivity index is 1.72. The Morgan fingerprint density at radius 2 is 1.96 bits per heavy atom. The minimum Gasteiger partial charge on any atom is -0.444 e. The molecule has 0 aliphatic carbocycles. The summed E-state index contributed by atoms with van der Waals surface area (Å²) in [5, 5.41) is 5.34. The Morgan fingerprint density at radius 3 is 2.58 bits per heavy atom. The number of nitrogen functional groups attached to an aromatic ring is 1. The molecule has 0 bridgehead atoms. The van der Waals surface area contributed by atoms with Crippen LogP contribution in [0.25, 0.3) is 10.9 Å². The quantitative estimate of drug-likeness (QED) is 0.815. The lowest BCUT2D eigenvalue weighted by atomic mass is 9.88. The number of anilines is 1. The van der Waals surface area contributed by atoms with E-state index < -0.39 is 5.60 Å². The zero-order valence-electron chi connectivity index (χ0n) is 14.9. The average Bonchev–Trinajstić information content (AvgIpc) is 2.85. The van der Waals surface area contributed by atoms with Crippen molar-refractivity contribution in [3.05, 3.63) is 23.9 Å². The number of piperidine rings is 1. The molecule has 0 atom stereocenters. The molecule has 1 amide bonds. The van der Waals surface area contributed by atoms with Crippen LogP contribution in [0.4, 0.5) is 10.5 Å². The van der Waals surface area contributed by atoms with Crippen LogP contribution in [-0.4, -0.2) is 39.5 Å². The number of hydrogen-bond acceptors (Lipinski definition) is 4. The molecule has 3 rings (SSSR count). The molecule has 0 saturated carbocycles. The summed E-state index contributed by atoms with van der Waals surface area (Å²) < 4.78 is 7.32. The minimum absolute atomic E-state index is 0.226. The van der Waals surface area contributed by atoms with Crippen LogP contribution in [0.15, 0.2) is 18.3 Å². The monoisotopic (exact) mass is 330 g/mol. The summed E-state index contributed by atoms with van der Waals surface area (Å²) in [5.41, 5.74) is 8.87. The predicted octanol–water partition coefficient (Wildman–Crippen LogP) is 3.27. The summed E-state index contributed by atoms with van der Waals surface area (Å²) in [6, 6.07) is 4.14. The molecule has 2 aromatic rings. The number of carbonyl (C=O) groups is 1. The Morgan fingerprint density at radius 1 is 1.29 bits per heavy atom. The molecule has 24 heavy (non-hydrogen) atoms. The fourth-order valence-corrected chi connectivity index (χ4v) is 3.29. The van der Waals surface area contributed by atoms with Gasteiger partial charge in [0.2, 0.25) is 0 Å². The number of aromatic nitrogens is 2. The van der Waals surface area contributed by atoms with E-state index in [-0.39, 0.29) is 6.09 Å². The second-order valence-corrected chi connectivity index (χ2v) is 7.55. The molecule has 6 nitrogen and oxygen atoms in total. The number of benzene rings is 1. The standard InChI is InChI=1S/C18H26N4O2/c1-18(2,3)24-17(23)22-7-5-12(6-8-22)14-10-16-13(9-15(14)19)11-20-21(16)4/h9-12H,5-8,19H2,1-4H3. The van der Waals surface area contributed by atoms with Crippen LogP contribution in [0.5, 0.6) is 0 Å². The van der Waals surface area contributed by atoms with Crippen LogP contribution in [0.2, 0.25) is 0 Å². The molecule has 1 aliphatic heterocycles. The van der Waals surface area contributed by atoms with Gasteiger partial charge in [-0.2, -0.15) is 5.10 Å². The molecule has 0 unspecified atom stereocenters. The third-order valence-corrected chi connectivity index (χ3v) is 4.54. The molecule has 6 heteroatoms. The molecular formula is C18H26N4O2. The Bertz CT molecular complexity index is 752. The van der Waals surface area contributed by atoms with Gasteiger partial charge in [0.25, 0.3) is 0 Å². The van der Waals surface area contributed by atoms with Crippen molar-refractivity contribution >= 4 is 22.7 Å². The smallest absolute Gasteiger partial charge is 0.410 e. The van der Waals surface area contributed by atoms with E-state index in [1.807, 2.05) is 44.8 Å². The third kappa shape index (κ3) is 3.32. The van der Waals surface area contributed by atoms with Gasteiger partial charge in [0.15, 0.2) is 0 Å². The third-order valence-electron chi connectivity index (χ3n) is 4.54. The number of rotatable bonds is 1. The van der Waals surface area contributed by atoms with E-state index in [9.17, 15) is 4.79 Å². The van der Waals surface area contributed by atoms with E-state index in [2.05, 4.69) is 11.2 Å². The zero-order chi connectivity index (χ0) is 17.5. The number of ether oxygens (including phenoxy) is 1. The van der Waals surface area contributed by atoms with Gasteiger partial charge < -0.3 is 15.4 Å². The normalized spacial score (nSPS) is 16.6. The van der Waals surface area contributed by atoms with Crippen LogP contribution in [0, 0.1) is 0 Å². The van der Waals surface area contributed by atoms with Gasteiger partial charge in [-0.15, -0.1) is 0 Å². The lowest BCUT2D eigenvalue weighted by Gasteiger charge is -2.34. The highest BCUT2D eigenvalue weighted by molar-refractivity contribution is 5.84. The van der Waals surface area contributed by atoms with Gasteiger partial charge in [-0.25, -0.2) is 4.79 Å². The maximum atomic E-state index is 12.2. The van der Waals surface area contributed by atoms with Crippen LogP contribution < -0.4 is 5.73 Å². The second kappa shape index (κ2) is 6.00. The Kier molecular flexibility index (Phi) is 4.15. The van der Waals surface area contributed by atoms with Gasteiger partial charge in [0, 0.05) is 31.2 Å². The van der Waals surface area contributed by atoms with Crippen molar-refractivity contribution in [2.24, 2.45) is 7.05 Å². The van der Waals surface area contributed by atoms with Crippen LogP contribution >= 0.6 is 0 Å². The van der Waals surface area contributed by atoms with Gasteiger partial charge in [-0.1, -0.05) is 0 Å². The van der Waals surface area contributed by atoms with Crippen molar-refractivity contribution < 1.29 is 9.53 Å². The van der Waals surface area contributed by atoms with Crippen molar-refractivity contribution in [3.63, 3.8) is 0 Å². The fourth-order valence-electron chi connectivity index (χ4n) is 3.29. The van der Waals surface area contributed by atoms with Gasteiger partial charge in [0.05, 0.1) is 11.7 Å². The largest absolute Gasteiger partial charge is 0.444 e. The van der Waals surface area contributed by atoms with Gasteiger partial charge in [0.1, 0.15) is 5.60 Å². The first-order valence-electron chi connectivity index (χ1n) is 8.43. The fraction of sp³-hybridized carbons (Fsp3) is 0.556. The number of nitrogens with two attached hydrogens (primary N) is 1. The molecule has 2 heterocycles. The summed E-state index contributed by atoms with van der Waals surface area (Å²) in [7, 11) is 1.94. The maximum absolute atomic E-state index is 12.2. The van der Waals surface area contributed by atoms with Gasteiger partial charge in [-0.3, -0.25) is 4.68 Å². The molecule has 1 saturated heterocycles. The highest BCUT2D eigenvalue weighted by Gasteiger charge is 2.28. The zero-order valence-corrected chi connectivity index (χ0v) is 14.9. The predicted molar refractivity (Wildman–Crippen MR) is 94.9 cm³/mol. The van der Waals surface area contributed by atoms with E-state index in [0.29, 0.717) is 19.0 Å². The number of nitrogens with zero attached hydrogens (tertiary/aromatic N) is 3. The van der Waals surface area contributed by atoms with Crippen molar-refractivity contribution in [3.8, 4) is 0 Å². The van der Waals surface area contributed by atoms with Gasteiger partial charge >= 0.3 is 6.09 Å². The topological polar surface area (TPSA) is 73.4 Å². The van der Waals surface area contributed by atoms with E-state index in [0.717, 1.165) is 35.0 Å².